The average Bonchev–Trinajstić information content (AvgIpc) is 3.43. The van der Waals surface area contributed by atoms with Crippen LogP contribution in [0.25, 0.3) is 0 Å². The molecule has 39 heavy (non-hydrogen) atoms. The number of carbonyl (C=O) groups excluding carboxylic acids is 1. The van der Waals surface area contributed by atoms with Gasteiger partial charge in [-0.15, -0.1) is 0 Å². The van der Waals surface area contributed by atoms with E-state index < -0.39 is 0 Å². The second-order valence-corrected chi connectivity index (χ2v) is 11.7. The predicted octanol–water partition coefficient (Wildman–Crippen LogP) is 4.94. The first kappa shape index (κ1) is 27.0. The molecule has 9 heteroatoms. The van der Waals surface area contributed by atoms with Gasteiger partial charge in [0.05, 0.1) is 6.61 Å². The second kappa shape index (κ2) is 11.3. The normalized spacial score (nSPS) is 17.6. The van der Waals surface area contributed by atoms with Crippen molar-refractivity contribution >= 4 is 29.0 Å². The molecule has 2 aliphatic rings. The van der Waals surface area contributed by atoms with Crippen LogP contribution >= 0.6 is 0 Å². The second-order valence-electron chi connectivity index (χ2n) is 11.7. The van der Waals surface area contributed by atoms with Crippen LogP contribution in [0.3, 0.4) is 0 Å². The molecule has 0 bridgehead atoms. The third-order valence-corrected chi connectivity index (χ3v) is 7.17. The van der Waals surface area contributed by atoms with Crippen LogP contribution in [0.5, 0.6) is 0 Å². The number of nitrogens with zero attached hydrogens (tertiary/aromatic N) is 4. The summed E-state index contributed by atoms with van der Waals surface area (Å²) < 4.78 is 5.59. The lowest BCUT2D eigenvalue weighted by Gasteiger charge is -2.33. The molecule has 1 aromatic carbocycles. The Balaban J connectivity index is 1.38. The number of pyridine rings is 1. The van der Waals surface area contributed by atoms with E-state index in [0.29, 0.717) is 23.4 Å². The minimum atomic E-state index is -0.227. The summed E-state index contributed by atoms with van der Waals surface area (Å²) in [5, 5.41) is 9.63. The molecule has 0 saturated carbocycles. The molecule has 1 fully saturated rings. The maximum atomic E-state index is 13.0. The van der Waals surface area contributed by atoms with Crippen molar-refractivity contribution in [1.82, 2.24) is 25.2 Å². The summed E-state index contributed by atoms with van der Waals surface area (Å²) in [7, 11) is 0. The van der Waals surface area contributed by atoms with E-state index in [4.69, 9.17) is 9.72 Å². The molecule has 1 unspecified atom stereocenters. The molecule has 3 aromatic rings. The quantitative estimate of drug-likeness (QED) is 0.395. The monoisotopic (exact) mass is 529 g/mol. The van der Waals surface area contributed by atoms with E-state index in [1.165, 1.54) is 11.1 Å². The lowest BCUT2D eigenvalue weighted by atomic mass is 9.91. The van der Waals surface area contributed by atoms with Gasteiger partial charge in [-0.25, -0.2) is 4.98 Å². The first-order valence-corrected chi connectivity index (χ1v) is 13.8. The Hall–Kier alpha value is -3.56. The van der Waals surface area contributed by atoms with E-state index in [-0.39, 0.29) is 17.4 Å². The molecular formula is C30H39N7O2. The first-order valence-electron chi connectivity index (χ1n) is 13.8. The molecule has 2 aliphatic heterocycles. The van der Waals surface area contributed by atoms with Gasteiger partial charge in [-0.05, 0) is 62.1 Å². The summed E-state index contributed by atoms with van der Waals surface area (Å²) in [6, 6.07) is 10.8. The van der Waals surface area contributed by atoms with Crippen molar-refractivity contribution < 1.29 is 9.53 Å². The van der Waals surface area contributed by atoms with Crippen molar-refractivity contribution in [1.29, 1.82) is 0 Å². The number of hydrogen-bond donors (Lipinski definition) is 3. The standard InChI is InChI=1S/C30H39N7O2/c1-19(2)33-28(38)25-16-32-29(36-27(25)34-23-8-11-31-26(15-23)30(3,4)5)35-22-7-6-21-17-37(12-9-20(21)14-22)24-10-13-39-18-24/h6-8,11,14-16,19,24H,9-10,12-13,17-18H2,1-5H3,(H,33,38)(H2,31,32,34,35,36). The van der Waals surface area contributed by atoms with Crippen LogP contribution in [0.15, 0.2) is 42.7 Å². The Bertz CT molecular complexity index is 1330. The van der Waals surface area contributed by atoms with Crippen LogP contribution in [0.1, 0.15) is 68.2 Å². The van der Waals surface area contributed by atoms with Gasteiger partial charge >= 0.3 is 0 Å². The molecule has 0 spiro atoms. The zero-order valence-electron chi connectivity index (χ0n) is 23.5. The van der Waals surface area contributed by atoms with Crippen LogP contribution in [-0.4, -0.2) is 57.6 Å². The topological polar surface area (TPSA) is 104 Å². The van der Waals surface area contributed by atoms with Crippen LogP contribution in [0.4, 0.5) is 23.1 Å². The van der Waals surface area contributed by atoms with Crippen LogP contribution < -0.4 is 16.0 Å². The van der Waals surface area contributed by atoms with Gasteiger partial charge in [0, 0.05) is 66.7 Å². The lowest BCUT2D eigenvalue weighted by Crippen LogP contribution is -2.39. The zero-order chi connectivity index (χ0) is 27.6. The Morgan fingerprint density at radius 2 is 1.90 bits per heavy atom. The number of anilines is 4. The molecule has 3 N–H and O–H groups in total. The number of carbonyl (C=O) groups is 1. The van der Waals surface area contributed by atoms with E-state index >= 15 is 0 Å². The molecule has 1 saturated heterocycles. The highest BCUT2D eigenvalue weighted by molar-refractivity contribution is 5.99. The minimum Gasteiger partial charge on any atom is -0.380 e. The van der Waals surface area contributed by atoms with Crippen LogP contribution in [-0.2, 0) is 23.1 Å². The maximum Gasteiger partial charge on any atom is 0.256 e. The Morgan fingerprint density at radius 3 is 2.64 bits per heavy atom. The number of hydrogen-bond acceptors (Lipinski definition) is 8. The van der Waals surface area contributed by atoms with Gasteiger partial charge in [0.15, 0.2) is 0 Å². The largest absolute Gasteiger partial charge is 0.380 e. The number of benzene rings is 1. The van der Waals surface area contributed by atoms with Crippen LogP contribution in [0.2, 0.25) is 0 Å². The Labute approximate surface area is 230 Å². The molecule has 4 heterocycles. The van der Waals surface area contributed by atoms with E-state index in [1.807, 2.05) is 26.0 Å². The number of fused-ring (bicyclic) bond motifs is 1. The minimum absolute atomic E-state index is 0.0100. The fourth-order valence-electron chi connectivity index (χ4n) is 5.00. The van der Waals surface area contributed by atoms with Crippen molar-refractivity contribution in [3.8, 4) is 0 Å². The summed E-state index contributed by atoms with van der Waals surface area (Å²) in [5.74, 6) is 0.628. The van der Waals surface area contributed by atoms with E-state index in [1.54, 1.807) is 12.4 Å². The number of amides is 1. The number of nitrogens with one attached hydrogen (secondary N) is 3. The molecule has 0 radical (unpaired) electrons. The third kappa shape index (κ3) is 6.54. The Kier molecular flexibility index (Phi) is 7.81. The van der Waals surface area contributed by atoms with Crippen molar-refractivity contribution in [2.45, 2.75) is 71.5 Å². The Morgan fingerprint density at radius 1 is 1.08 bits per heavy atom. The first-order chi connectivity index (χ1) is 18.7. The highest BCUT2D eigenvalue weighted by Crippen LogP contribution is 2.29. The van der Waals surface area contributed by atoms with Crippen molar-refractivity contribution in [3.63, 3.8) is 0 Å². The molecular weight excluding hydrogens is 490 g/mol. The van der Waals surface area contributed by atoms with Crippen LogP contribution in [0, 0.1) is 0 Å². The van der Waals surface area contributed by atoms with E-state index in [9.17, 15) is 4.79 Å². The fraction of sp³-hybridized carbons (Fsp3) is 0.467. The summed E-state index contributed by atoms with van der Waals surface area (Å²) in [6.45, 7) is 13.9. The summed E-state index contributed by atoms with van der Waals surface area (Å²) in [6.07, 6.45) is 5.46. The average molecular weight is 530 g/mol. The van der Waals surface area contributed by atoms with Crippen molar-refractivity contribution in [2.75, 3.05) is 30.4 Å². The van der Waals surface area contributed by atoms with Gasteiger partial charge in [-0.2, -0.15) is 4.98 Å². The summed E-state index contributed by atoms with van der Waals surface area (Å²) >= 11 is 0. The van der Waals surface area contributed by atoms with E-state index in [0.717, 1.165) is 56.2 Å². The zero-order valence-corrected chi connectivity index (χ0v) is 23.5. The highest BCUT2D eigenvalue weighted by Gasteiger charge is 2.27. The SMILES string of the molecule is CC(C)NC(=O)c1cnc(Nc2ccc3c(c2)CCN(C2CCOC2)C3)nc1Nc1ccnc(C(C)(C)C)c1. The molecule has 9 nitrogen and oxygen atoms in total. The molecule has 1 atom stereocenters. The number of rotatable bonds is 7. The highest BCUT2D eigenvalue weighted by atomic mass is 16.5. The van der Waals surface area contributed by atoms with Crippen molar-refractivity contribution in [2.24, 2.45) is 0 Å². The predicted molar refractivity (Wildman–Crippen MR) is 154 cm³/mol. The number of ether oxygens (including phenoxy) is 1. The molecule has 1 amide bonds. The molecule has 2 aromatic heterocycles. The van der Waals surface area contributed by atoms with Crippen molar-refractivity contribution in [3.05, 3.63) is 65.1 Å². The van der Waals surface area contributed by atoms with Gasteiger partial charge in [-0.1, -0.05) is 26.8 Å². The summed E-state index contributed by atoms with van der Waals surface area (Å²) in [5.41, 5.74) is 5.65. The van der Waals surface area contributed by atoms with Gasteiger partial charge in [-0.3, -0.25) is 14.7 Å². The molecule has 206 valence electrons. The third-order valence-electron chi connectivity index (χ3n) is 7.17. The van der Waals surface area contributed by atoms with E-state index in [2.05, 4.69) is 69.8 Å². The van der Waals surface area contributed by atoms with Gasteiger partial charge in [0.2, 0.25) is 5.95 Å². The fourth-order valence-corrected chi connectivity index (χ4v) is 5.00. The molecule has 0 aliphatic carbocycles. The van der Waals surface area contributed by atoms with Gasteiger partial charge in [0.1, 0.15) is 11.4 Å². The number of aromatic nitrogens is 3. The smallest absolute Gasteiger partial charge is 0.256 e. The van der Waals surface area contributed by atoms with Gasteiger partial charge in [0.25, 0.3) is 5.91 Å². The van der Waals surface area contributed by atoms with Gasteiger partial charge < -0.3 is 20.7 Å². The maximum absolute atomic E-state index is 13.0. The summed E-state index contributed by atoms with van der Waals surface area (Å²) in [4.78, 5) is 29.2. The molecule has 5 rings (SSSR count). The lowest BCUT2D eigenvalue weighted by molar-refractivity contribution is 0.0943.